The Kier molecular flexibility index (Phi) is 5.02. The van der Waals surface area contributed by atoms with Crippen LogP contribution in [0.1, 0.15) is 31.2 Å². The molecule has 7 nitrogen and oxygen atoms in total. The number of carbonyl (C=O) groups excluding carboxylic acids is 1. The molecule has 0 radical (unpaired) electrons. The molecular formula is C24H23NO6. The van der Waals surface area contributed by atoms with E-state index in [1.54, 1.807) is 24.3 Å². The van der Waals surface area contributed by atoms with E-state index in [1.165, 1.54) is 6.07 Å². The molecule has 1 aromatic heterocycles. The van der Waals surface area contributed by atoms with Gasteiger partial charge in [-0.3, -0.25) is 4.79 Å². The highest BCUT2D eigenvalue weighted by atomic mass is 16.6. The molecule has 1 N–H and O–H groups in total. The summed E-state index contributed by atoms with van der Waals surface area (Å²) in [5.74, 6) is 1.72. The summed E-state index contributed by atoms with van der Waals surface area (Å²) in [6.45, 7) is 0.939. The monoisotopic (exact) mass is 421 g/mol. The minimum absolute atomic E-state index is 0.130. The molecule has 5 rings (SSSR count). The second-order valence-corrected chi connectivity index (χ2v) is 7.94. The highest BCUT2D eigenvalue weighted by molar-refractivity contribution is 5.80. The summed E-state index contributed by atoms with van der Waals surface area (Å²) in [6.07, 6.45) is 3.80. The molecule has 1 fully saturated rings. The van der Waals surface area contributed by atoms with E-state index in [-0.39, 0.29) is 12.5 Å². The van der Waals surface area contributed by atoms with Crippen LogP contribution >= 0.6 is 0 Å². The number of carbonyl (C=O) groups is 1. The van der Waals surface area contributed by atoms with Crippen molar-refractivity contribution < 1.29 is 23.4 Å². The van der Waals surface area contributed by atoms with E-state index in [4.69, 9.17) is 18.6 Å². The molecule has 2 aromatic carbocycles. The second-order valence-electron chi connectivity index (χ2n) is 7.94. The van der Waals surface area contributed by atoms with Crippen molar-refractivity contribution in [3.8, 4) is 17.2 Å². The van der Waals surface area contributed by atoms with Crippen LogP contribution in [0, 0.1) is 0 Å². The van der Waals surface area contributed by atoms with Crippen LogP contribution in [0.4, 0.5) is 0 Å². The van der Waals surface area contributed by atoms with Gasteiger partial charge in [0.1, 0.15) is 24.5 Å². The maximum Gasteiger partial charge on any atom is 0.336 e. The molecule has 160 valence electrons. The number of ether oxygens (including phenoxy) is 3. The third kappa shape index (κ3) is 3.95. The minimum atomic E-state index is -0.438. The van der Waals surface area contributed by atoms with Crippen molar-refractivity contribution in [3.63, 3.8) is 0 Å². The fourth-order valence-electron chi connectivity index (χ4n) is 4.39. The van der Waals surface area contributed by atoms with Crippen molar-refractivity contribution in [1.82, 2.24) is 5.32 Å². The Morgan fingerprint density at radius 1 is 0.968 bits per heavy atom. The van der Waals surface area contributed by atoms with Crippen LogP contribution in [-0.4, -0.2) is 25.7 Å². The van der Waals surface area contributed by atoms with Crippen LogP contribution < -0.4 is 25.2 Å². The Hall–Kier alpha value is -3.48. The summed E-state index contributed by atoms with van der Waals surface area (Å²) < 4.78 is 22.2. The SMILES string of the molecule is O=C(COc1ccc2ccc(=O)oc2c1)NC1(c2ccc3c(c2)OCCO3)CCCC1. The highest BCUT2D eigenvalue weighted by Gasteiger charge is 2.38. The number of amides is 1. The number of hydrogen-bond donors (Lipinski definition) is 1. The average molecular weight is 421 g/mol. The van der Waals surface area contributed by atoms with Gasteiger partial charge in [-0.25, -0.2) is 4.79 Å². The molecule has 0 saturated heterocycles. The summed E-state index contributed by atoms with van der Waals surface area (Å²) in [6, 6.07) is 14.1. The summed E-state index contributed by atoms with van der Waals surface area (Å²) in [7, 11) is 0. The van der Waals surface area contributed by atoms with Crippen LogP contribution in [0.15, 0.2) is 57.7 Å². The van der Waals surface area contributed by atoms with Gasteiger partial charge in [0.15, 0.2) is 18.1 Å². The van der Waals surface area contributed by atoms with E-state index >= 15 is 0 Å². The lowest BCUT2D eigenvalue weighted by Crippen LogP contribution is -2.45. The quantitative estimate of drug-likeness (QED) is 0.635. The molecule has 1 saturated carbocycles. The van der Waals surface area contributed by atoms with Gasteiger partial charge >= 0.3 is 5.63 Å². The third-order valence-electron chi connectivity index (χ3n) is 5.90. The van der Waals surface area contributed by atoms with E-state index in [2.05, 4.69) is 5.32 Å². The second kappa shape index (κ2) is 7.98. The van der Waals surface area contributed by atoms with E-state index in [1.807, 2.05) is 18.2 Å². The van der Waals surface area contributed by atoms with E-state index in [0.717, 1.165) is 48.1 Å². The number of hydrogen-bond acceptors (Lipinski definition) is 6. The molecule has 2 heterocycles. The number of fused-ring (bicyclic) bond motifs is 2. The van der Waals surface area contributed by atoms with Gasteiger partial charge in [0.2, 0.25) is 0 Å². The fraction of sp³-hybridized carbons (Fsp3) is 0.333. The lowest BCUT2D eigenvalue weighted by atomic mass is 9.87. The molecule has 0 atom stereocenters. The average Bonchev–Trinajstić information content (AvgIpc) is 3.26. The van der Waals surface area contributed by atoms with Gasteiger partial charge < -0.3 is 23.9 Å². The predicted molar refractivity (Wildman–Crippen MR) is 114 cm³/mol. The molecule has 31 heavy (non-hydrogen) atoms. The van der Waals surface area contributed by atoms with Gasteiger partial charge in [-0.1, -0.05) is 18.9 Å². The van der Waals surface area contributed by atoms with Crippen LogP contribution in [0.2, 0.25) is 0 Å². The number of rotatable bonds is 5. The Morgan fingerprint density at radius 3 is 2.58 bits per heavy atom. The summed E-state index contributed by atoms with van der Waals surface area (Å²) in [5.41, 5.74) is 0.584. The minimum Gasteiger partial charge on any atom is -0.486 e. The molecule has 0 bridgehead atoms. The zero-order valence-corrected chi connectivity index (χ0v) is 17.0. The Bertz CT molecular complexity index is 1180. The topological polar surface area (TPSA) is 87.0 Å². The normalized spacial score (nSPS) is 16.8. The van der Waals surface area contributed by atoms with Crippen LogP contribution in [0.25, 0.3) is 11.0 Å². The van der Waals surface area contributed by atoms with E-state index < -0.39 is 11.2 Å². The Balaban J connectivity index is 1.30. The molecule has 1 aliphatic heterocycles. The molecule has 1 aliphatic carbocycles. The first-order chi connectivity index (χ1) is 15.1. The van der Waals surface area contributed by atoms with Crippen LogP contribution in [0.3, 0.4) is 0 Å². The summed E-state index contributed by atoms with van der Waals surface area (Å²) >= 11 is 0. The van der Waals surface area contributed by atoms with Crippen molar-refractivity contribution in [1.29, 1.82) is 0 Å². The van der Waals surface area contributed by atoms with Gasteiger partial charge in [0, 0.05) is 17.5 Å². The standard InChI is InChI=1S/C24H23NO6/c26-22(15-30-18-6-3-16-4-8-23(27)31-20(16)14-18)25-24(9-1-2-10-24)17-5-7-19-21(13-17)29-12-11-28-19/h3-8,13-14H,1-2,9-12,15H2,(H,25,26). The zero-order chi connectivity index (χ0) is 21.3. The first-order valence-corrected chi connectivity index (χ1v) is 10.5. The Morgan fingerprint density at radius 2 is 1.74 bits per heavy atom. The van der Waals surface area contributed by atoms with Crippen molar-refractivity contribution in [2.45, 2.75) is 31.2 Å². The molecule has 7 heteroatoms. The molecular weight excluding hydrogens is 398 g/mol. The Labute approximate surface area is 178 Å². The first-order valence-electron chi connectivity index (χ1n) is 10.5. The predicted octanol–water partition coefficient (Wildman–Crippen LogP) is 3.53. The van der Waals surface area contributed by atoms with Crippen molar-refractivity contribution in [3.05, 3.63) is 64.5 Å². The van der Waals surface area contributed by atoms with Gasteiger partial charge in [0.25, 0.3) is 5.91 Å². The lowest BCUT2D eigenvalue weighted by molar-refractivity contribution is -0.125. The molecule has 3 aromatic rings. The van der Waals surface area contributed by atoms with Crippen LogP contribution in [0.5, 0.6) is 17.2 Å². The van der Waals surface area contributed by atoms with Gasteiger partial charge in [-0.15, -0.1) is 0 Å². The van der Waals surface area contributed by atoms with Gasteiger partial charge in [-0.05, 0) is 48.7 Å². The third-order valence-corrected chi connectivity index (χ3v) is 5.90. The van der Waals surface area contributed by atoms with Crippen molar-refractivity contribution in [2.75, 3.05) is 19.8 Å². The maximum absolute atomic E-state index is 12.8. The molecule has 2 aliphatic rings. The van der Waals surface area contributed by atoms with Crippen molar-refractivity contribution >= 4 is 16.9 Å². The maximum atomic E-state index is 12.8. The van der Waals surface area contributed by atoms with Gasteiger partial charge in [-0.2, -0.15) is 0 Å². The van der Waals surface area contributed by atoms with Crippen molar-refractivity contribution in [2.24, 2.45) is 0 Å². The molecule has 0 unspecified atom stereocenters. The first kappa shape index (κ1) is 19.5. The molecule has 1 amide bonds. The van der Waals surface area contributed by atoms with E-state index in [0.29, 0.717) is 24.5 Å². The highest BCUT2D eigenvalue weighted by Crippen LogP contribution is 2.42. The largest absolute Gasteiger partial charge is 0.486 e. The number of nitrogens with one attached hydrogen (secondary N) is 1. The summed E-state index contributed by atoms with van der Waals surface area (Å²) in [5, 5.41) is 3.99. The smallest absolute Gasteiger partial charge is 0.336 e. The van der Waals surface area contributed by atoms with Gasteiger partial charge in [0.05, 0.1) is 5.54 Å². The van der Waals surface area contributed by atoms with E-state index in [9.17, 15) is 9.59 Å². The zero-order valence-electron chi connectivity index (χ0n) is 17.0. The fourth-order valence-corrected chi connectivity index (χ4v) is 4.39. The summed E-state index contributed by atoms with van der Waals surface area (Å²) in [4.78, 5) is 24.2. The number of benzene rings is 2. The van der Waals surface area contributed by atoms with Crippen LogP contribution in [-0.2, 0) is 10.3 Å². The lowest BCUT2D eigenvalue weighted by Gasteiger charge is -2.32. The molecule has 0 spiro atoms.